The van der Waals surface area contributed by atoms with E-state index in [4.69, 9.17) is 11.6 Å². The number of halogens is 1. The van der Waals surface area contributed by atoms with Crippen molar-refractivity contribution in [3.8, 4) is 5.69 Å². The lowest BCUT2D eigenvalue weighted by Crippen LogP contribution is -2.23. The van der Waals surface area contributed by atoms with Crippen LogP contribution in [0, 0.1) is 20.8 Å². The van der Waals surface area contributed by atoms with Crippen LogP contribution >= 0.6 is 11.6 Å². The van der Waals surface area contributed by atoms with Crippen LogP contribution in [0.15, 0.2) is 54.6 Å². The first kappa shape index (κ1) is 18.0. The molecule has 1 heterocycles. The summed E-state index contributed by atoms with van der Waals surface area (Å²) in [6.07, 6.45) is 0. The van der Waals surface area contributed by atoms with Gasteiger partial charge in [0.2, 0.25) is 0 Å². The Morgan fingerprint density at radius 1 is 0.962 bits per heavy atom. The van der Waals surface area contributed by atoms with E-state index in [0.717, 1.165) is 22.6 Å². The molecule has 0 aliphatic rings. The Labute approximate surface area is 157 Å². The van der Waals surface area contributed by atoms with Crippen LogP contribution in [0.2, 0.25) is 5.02 Å². The molecule has 0 saturated carbocycles. The lowest BCUT2D eigenvalue weighted by atomic mass is 10.1. The van der Waals surface area contributed by atoms with Gasteiger partial charge in [-0.15, -0.1) is 0 Å². The van der Waals surface area contributed by atoms with Crippen LogP contribution in [0.25, 0.3) is 5.69 Å². The van der Waals surface area contributed by atoms with Gasteiger partial charge in [-0.2, -0.15) is 0 Å². The molecule has 132 valence electrons. The van der Waals surface area contributed by atoms with E-state index in [1.54, 1.807) is 30.3 Å². The molecule has 0 unspecified atom stereocenters. The van der Waals surface area contributed by atoms with Gasteiger partial charge in [-0.05, 0) is 68.8 Å². The topological polar surface area (TPSA) is 51.1 Å². The first-order valence-corrected chi connectivity index (χ1v) is 8.62. The second kappa shape index (κ2) is 7.18. The summed E-state index contributed by atoms with van der Waals surface area (Å²) in [6, 6.07) is 16.4. The summed E-state index contributed by atoms with van der Waals surface area (Å²) in [5.41, 5.74) is 4.66. The Hall–Kier alpha value is -2.85. The van der Waals surface area contributed by atoms with Crippen LogP contribution in [-0.4, -0.2) is 16.3 Å². The summed E-state index contributed by atoms with van der Waals surface area (Å²) in [5, 5.41) is 3.18. The summed E-state index contributed by atoms with van der Waals surface area (Å²) in [7, 11) is 0. The number of rotatable bonds is 4. The normalized spacial score (nSPS) is 10.6. The molecule has 1 N–H and O–H groups in total. The summed E-state index contributed by atoms with van der Waals surface area (Å²) >= 11 is 5.83. The smallest absolute Gasteiger partial charge is 0.296 e. The minimum absolute atomic E-state index is 0.399. The van der Waals surface area contributed by atoms with Crippen molar-refractivity contribution in [1.82, 2.24) is 4.57 Å². The van der Waals surface area contributed by atoms with Crippen molar-refractivity contribution in [2.24, 2.45) is 0 Å². The maximum absolute atomic E-state index is 12.6. The minimum Gasteiger partial charge on any atom is -0.319 e. The Kier molecular flexibility index (Phi) is 4.96. The molecule has 0 aliphatic heterocycles. The van der Waals surface area contributed by atoms with Gasteiger partial charge in [-0.1, -0.05) is 23.7 Å². The number of carbonyl (C=O) groups is 2. The van der Waals surface area contributed by atoms with Gasteiger partial charge in [0.25, 0.3) is 11.7 Å². The number of ketones is 1. The molecular weight excluding hydrogens is 348 g/mol. The standard InChI is InChI=1S/C21H19ClN2O2/c1-13-5-4-6-18(11-13)24-14(2)12-19(15(24)3)20(25)21(26)23-17-9-7-16(22)8-10-17/h4-12H,1-3H3,(H,23,26). The van der Waals surface area contributed by atoms with Crippen molar-refractivity contribution in [2.75, 3.05) is 5.32 Å². The Bertz CT molecular complexity index is 988. The molecule has 0 bridgehead atoms. The molecule has 0 spiro atoms. The van der Waals surface area contributed by atoms with Crippen molar-refractivity contribution < 1.29 is 9.59 Å². The van der Waals surface area contributed by atoms with E-state index in [1.165, 1.54) is 0 Å². The third kappa shape index (κ3) is 3.55. The number of carbonyl (C=O) groups excluding carboxylic acids is 2. The fraction of sp³-hybridized carbons (Fsp3) is 0.143. The van der Waals surface area contributed by atoms with E-state index in [1.807, 2.05) is 49.6 Å². The zero-order valence-electron chi connectivity index (χ0n) is 14.8. The molecule has 2 aromatic carbocycles. The summed E-state index contributed by atoms with van der Waals surface area (Å²) in [5.74, 6) is -1.23. The van der Waals surface area contributed by atoms with E-state index in [9.17, 15) is 9.59 Å². The highest BCUT2D eigenvalue weighted by atomic mass is 35.5. The van der Waals surface area contributed by atoms with Crippen LogP contribution < -0.4 is 5.32 Å². The van der Waals surface area contributed by atoms with Crippen LogP contribution in [0.3, 0.4) is 0 Å². The molecule has 5 heteroatoms. The molecule has 0 atom stereocenters. The average Bonchev–Trinajstić information content (AvgIpc) is 2.90. The van der Waals surface area contributed by atoms with E-state index >= 15 is 0 Å². The SMILES string of the molecule is Cc1cccc(-n2c(C)cc(C(=O)C(=O)Nc3ccc(Cl)cc3)c2C)c1. The third-order valence-electron chi connectivity index (χ3n) is 4.24. The van der Waals surface area contributed by atoms with Gasteiger partial charge >= 0.3 is 0 Å². The van der Waals surface area contributed by atoms with Crippen molar-refractivity contribution in [1.29, 1.82) is 0 Å². The predicted molar refractivity (Wildman–Crippen MR) is 104 cm³/mol. The highest BCUT2D eigenvalue weighted by Crippen LogP contribution is 2.22. The number of nitrogens with one attached hydrogen (secondary N) is 1. The fourth-order valence-corrected chi connectivity index (χ4v) is 3.13. The molecule has 0 saturated heterocycles. The van der Waals surface area contributed by atoms with Gasteiger partial charge in [-0.3, -0.25) is 9.59 Å². The summed E-state index contributed by atoms with van der Waals surface area (Å²) in [4.78, 5) is 25.0. The predicted octanol–water partition coefficient (Wildman–Crippen LogP) is 4.88. The second-order valence-corrected chi connectivity index (χ2v) is 6.69. The minimum atomic E-state index is -0.670. The first-order chi connectivity index (χ1) is 12.4. The number of amides is 1. The third-order valence-corrected chi connectivity index (χ3v) is 4.50. The molecule has 3 rings (SSSR count). The number of aromatic nitrogens is 1. The average molecular weight is 367 g/mol. The summed E-state index contributed by atoms with van der Waals surface area (Å²) in [6.45, 7) is 5.78. The van der Waals surface area contributed by atoms with Crippen LogP contribution in [0.5, 0.6) is 0 Å². The van der Waals surface area contributed by atoms with Crippen molar-refractivity contribution in [3.05, 3.63) is 82.1 Å². The molecule has 0 radical (unpaired) electrons. The number of anilines is 1. The van der Waals surface area contributed by atoms with Gasteiger partial charge in [-0.25, -0.2) is 0 Å². The number of nitrogens with zero attached hydrogens (tertiary/aromatic N) is 1. The molecular formula is C21H19ClN2O2. The molecule has 26 heavy (non-hydrogen) atoms. The van der Waals surface area contributed by atoms with Gasteiger partial charge in [0, 0.05) is 33.3 Å². The van der Waals surface area contributed by atoms with E-state index in [2.05, 4.69) is 5.32 Å². The zero-order valence-corrected chi connectivity index (χ0v) is 15.6. The van der Waals surface area contributed by atoms with Crippen LogP contribution in [0.1, 0.15) is 27.3 Å². The lowest BCUT2D eigenvalue weighted by molar-refractivity contribution is -0.112. The highest BCUT2D eigenvalue weighted by Gasteiger charge is 2.22. The van der Waals surface area contributed by atoms with Gasteiger partial charge < -0.3 is 9.88 Å². The number of benzene rings is 2. The summed E-state index contributed by atoms with van der Waals surface area (Å²) < 4.78 is 1.98. The van der Waals surface area contributed by atoms with E-state index in [0.29, 0.717) is 16.3 Å². The van der Waals surface area contributed by atoms with Crippen LogP contribution in [-0.2, 0) is 4.79 Å². The van der Waals surface area contributed by atoms with Crippen molar-refractivity contribution in [2.45, 2.75) is 20.8 Å². The maximum atomic E-state index is 12.6. The Morgan fingerprint density at radius 2 is 1.65 bits per heavy atom. The Balaban J connectivity index is 1.89. The maximum Gasteiger partial charge on any atom is 0.296 e. The first-order valence-electron chi connectivity index (χ1n) is 8.24. The molecule has 4 nitrogen and oxygen atoms in total. The second-order valence-electron chi connectivity index (χ2n) is 6.25. The molecule has 1 amide bonds. The monoisotopic (exact) mass is 366 g/mol. The molecule has 3 aromatic rings. The van der Waals surface area contributed by atoms with Gasteiger partial charge in [0.15, 0.2) is 0 Å². The van der Waals surface area contributed by atoms with E-state index < -0.39 is 11.7 Å². The quantitative estimate of drug-likeness (QED) is 0.528. The zero-order chi connectivity index (χ0) is 18.8. The number of Topliss-reactive ketones (excluding diaryl/α,β-unsaturated/α-hetero) is 1. The fourth-order valence-electron chi connectivity index (χ4n) is 3.00. The Morgan fingerprint density at radius 3 is 2.31 bits per heavy atom. The number of hydrogen-bond donors (Lipinski definition) is 1. The van der Waals surface area contributed by atoms with Gasteiger partial charge in [0.1, 0.15) is 0 Å². The number of hydrogen-bond acceptors (Lipinski definition) is 2. The largest absolute Gasteiger partial charge is 0.319 e. The van der Waals surface area contributed by atoms with Crippen LogP contribution in [0.4, 0.5) is 5.69 Å². The van der Waals surface area contributed by atoms with E-state index in [-0.39, 0.29) is 0 Å². The van der Waals surface area contributed by atoms with Crippen molar-refractivity contribution in [3.63, 3.8) is 0 Å². The molecule has 0 aliphatic carbocycles. The van der Waals surface area contributed by atoms with Crippen molar-refractivity contribution >= 4 is 29.0 Å². The number of aryl methyl sites for hydroxylation is 2. The highest BCUT2D eigenvalue weighted by molar-refractivity contribution is 6.46. The van der Waals surface area contributed by atoms with Gasteiger partial charge in [0.05, 0.1) is 0 Å². The lowest BCUT2D eigenvalue weighted by Gasteiger charge is -2.10. The molecule has 1 aromatic heterocycles. The molecule has 0 fully saturated rings.